The minimum absolute atomic E-state index is 0.330. The van der Waals surface area contributed by atoms with Crippen molar-refractivity contribution in [3.8, 4) is 11.4 Å². The normalized spacial score (nSPS) is 11.1. The molecule has 3 N–H and O–H groups in total. The number of nitrogens with zero attached hydrogens (tertiary/aromatic N) is 1. The lowest BCUT2D eigenvalue weighted by Gasteiger charge is -1.99. The van der Waals surface area contributed by atoms with E-state index in [4.69, 9.17) is 28.9 Å². The first-order chi connectivity index (χ1) is 9.04. The van der Waals surface area contributed by atoms with E-state index in [1.54, 1.807) is 24.3 Å². The lowest BCUT2D eigenvalue weighted by molar-refractivity contribution is 0.630. The second-order valence-electron chi connectivity index (χ2n) is 4.10. The molecule has 1 heterocycles. The molecular weight excluding hydrogens is 288 g/mol. The van der Waals surface area contributed by atoms with Gasteiger partial charge in [0.2, 0.25) is 0 Å². The Kier molecular flexibility index (Phi) is 2.84. The molecule has 3 nitrogen and oxygen atoms in total. The number of anilines is 1. The van der Waals surface area contributed by atoms with Crippen molar-refractivity contribution in [2.75, 3.05) is 5.73 Å². The quantitative estimate of drug-likeness (QED) is 0.659. The highest BCUT2D eigenvalue weighted by Gasteiger charge is 2.12. The predicted molar refractivity (Wildman–Crippen MR) is 75.9 cm³/mol. The van der Waals surface area contributed by atoms with Crippen molar-refractivity contribution < 1.29 is 4.39 Å². The molecular formula is C13H8Cl2FN3. The molecule has 1 aromatic heterocycles. The number of halogens is 3. The number of benzene rings is 2. The number of fused-ring (bicyclic) bond motifs is 1. The van der Waals surface area contributed by atoms with Crippen molar-refractivity contribution in [2.24, 2.45) is 0 Å². The Morgan fingerprint density at radius 2 is 1.89 bits per heavy atom. The Hall–Kier alpha value is -1.78. The van der Waals surface area contributed by atoms with Crippen molar-refractivity contribution >= 4 is 39.9 Å². The summed E-state index contributed by atoms with van der Waals surface area (Å²) < 4.78 is 13.8. The molecule has 0 aliphatic rings. The maximum Gasteiger partial charge on any atom is 0.141 e. The number of hydrogen-bond donors (Lipinski definition) is 2. The van der Waals surface area contributed by atoms with E-state index in [2.05, 4.69) is 9.97 Å². The van der Waals surface area contributed by atoms with Gasteiger partial charge in [0.1, 0.15) is 17.2 Å². The minimum Gasteiger partial charge on any atom is -0.397 e. The van der Waals surface area contributed by atoms with Gasteiger partial charge in [0.15, 0.2) is 0 Å². The summed E-state index contributed by atoms with van der Waals surface area (Å²) in [6.07, 6.45) is 0. The highest BCUT2D eigenvalue weighted by Crippen LogP contribution is 2.29. The molecule has 0 fully saturated rings. The maximum absolute atomic E-state index is 13.8. The highest BCUT2D eigenvalue weighted by molar-refractivity contribution is 6.31. The third kappa shape index (κ3) is 2.13. The first-order valence-electron chi connectivity index (χ1n) is 5.45. The molecule has 0 aliphatic heterocycles. The summed E-state index contributed by atoms with van der Waals surface area (Å²) in [6, 6.07) is 7.70. The van der Waals surface area contributed by atoms with Gasteiger partial charge in [-0.15, -0.1) is 0 Å². The van der Waals surface area contributed by atoms with E-state index in [9.17, 15) is 4.39 Å². The molecule has 3 aromatic rings. The van der Waals surface area contributed by atoms with Crippen LogP contribution < -0.4 is 5.73 Å². The summed E-state index contributed by atoms with van der Waals surface area (Å²) in [5.74, 6) is -0.0608. The first-order valence-corrected chi connectivity index (χ1v) is 6.20. The first kappa shape index (κ1) is 12.3. The van der Waals surface area contributed by atoms with E-state index in [0.717, 1.165) is 0 Å². The predicted octanol–water partition coefficient (Wildman–Crippen LogP) is 4.26. The van der Waals surface area contributed by atoms with Crippen LogP contribution in [0.3, 0.4) is 0 Å². The molecule has 0 spiro atoms. The zero-order valence-corrected chi connectivity index (χ0v) is 11.1. The SMILES string of the molecule is Nc1cc(Cl)cc2[nH]c(-c3ccc(Cl)cc3F)nc12. The van der Waals surface area contributed by atoms with Crippen molar-refractivity contribution in [1.29, 1.82) is 0 Å². The Labute approximate surface area is 118 Å². The molecule has 0 bridgehead atoms. The molecule has 19 heavy (non-hydrogen) atoms. The number of nitrogens with one attached hydrogen (secondary N) is 1. The van der Waals surface area contributed by atoms with Gasteiger partial charge in [0.05, 0.1) is 16.8 Å². The smallest absolute Gasteiger partial charge is 0.141 e. The second kappa shape index (κ2) is 4.40. The summed E-state index contributed by atoms with van der Waals surface area (Å²) in [5.41, 5.74) is 7.83. The third-order valence-electron chi connectivity index (χ3n) is 2.77. The monoisotopic (exact) mass is 295 g/mol. The molecule has 0 atom stereocenters. The van der Waals surface area contributed by atoms with Gasteiger partial charge < -0.3 is 10.7 Å². The van der Waals surface area contributed by atoms with E-state index in [1.807, 2.05) is 0 Å². The fraction of sp³-hybridized carbons (Fsp3) is 0. The molecule has 96 valence electrons. The summed E-state index contributed by atoms with van der Waals surface area (Å²) in [7, 11) is 0. The number of aromatic amines is 1. The van der Waals surface area contributed by atoms with Gasteiger partial charge in [-0.25, -0.2) is 9.37 Å². The Morgan fingerprint density at radius 1 is 1.11 bits per heavy atom. The fourth-order valence-electron chi connectivity index (χ4n) is 1.92. The van der Waals surface area contributed by atoms with Crippen molar-refractivity contribution in [3.63, 3.8) is 0 Å². The van der Waals surface area contributed by atoms with Crippen LogP contribution in [0.5, 0.6) is 0 Å². The molecule has 0 saturated heterocycles. The highest BCUT2D eigenvalue weighted by atomic mass is 35.5. The van der Waals surface area contributed by atoms with Crippen LogP contribution in [0.4, 0.5) is 10.1 Å². The Bertz CT molecular complexity index is 783. The van der Waals surface area contributed by atoms with Gasteiger partial charge in [-0.1, -0.05) is 23.2 Å². The lowest BCUT2D eigenvalue weighted by atomic mass is 10.2. The van der Waals surface area contributed by atoms with Crippen LogP contribution in [0.1, 0.15) is 0 Å². The average Bonchev–Trinajstić information content (AvgIpc) is 2.72. The van der Waals surface area contributed by atoms with Gasteiger partial charge in [0.25, 0.3) is 0 Å². The van der Waals surface area contributed by atoms with E-state index >= 15 is 0 Å². The van der Waals surface area contributed by atoms with Crippen LogP contribution in [-0.2, 0) is 0 Å². The zero-order valence-electron chi connectivity index (χ0n) is 9.55. The molecule has 0 radical (unpaired) electrons. The maximum atomic E-state index is 13.8. The van der Waals surface area contributed by atoms with Crippen molar-refractivity contribution in [2.45, 2.75) is 0 Å². The van der Waals surface area contributed by atoms with Gasteiger partial charge >= 0.3 is 0 Å². The van der Waals surface area contributed by atoms with Crippen LogP contribution >= 0.6 is 23.2 Å². The number of H-pyrrole nitrogens is 1. The van der Waals surface area contributed by atoms with Crippen LogP contribution in [0.25, 0.3) is 22.4 Å². The van der Waals surface area contributed by atoms with E-state index in [0.29, 0.717) is 38.2 Å². The molecule has 0 saturated carbocycles. The van der Waals surface area contributed by atoms with Gasteiger partial charge in [-0.2, -0.15) is 0 Å². The van der Waals surface area contributed by atoms with E-state index in [1.165, 1.54) is 6.07 Å². The van der Waals surface area contributed by atoms with Crippen LogP contribution in [-0.4, -0.2) is 9.97 Å². The number of aromatic nitrogens is 2. The van der Waals surface area contributed by atoms with Crippen LogP contribution in [0, 0.1) is 5.82 Å². The summed E-state index contributed by atoms with van der Waals surface area (Å²) in [5, 5.41) is 0.830. The number of nitrogens with two attached hydrogens (primary N) is 1. The van der Waals surface area contributed by atoms with Gasteiger partial charge in [0, 0.05) is 10.0 Å². The minimum atomic E-state index is -0.448. The second-order valence-corrected chi connectivity index (χ2v) is 4.97. The molecule has 0 unspecified atom stereocenters. The summed E-state index contributed by atoms with van der Waals surface area (Å²) in [4.78, 5) is 7.29. The van der Waals surface area contributed by atoms with E-state index in [-0.39, 0.29) is 0 Å². The molecule has 0 amide bonds. The fourth-order valence-corrected chi connectivity index (χ4v) is 2.30. The molecule has 0 aliphatic carbocycles. The van der Waals surface area contributed by atoms with Crippen LogP contribution in [0.15, 0.2) is 30.3 Å². The van der Waals surface area contributed by atoms with Crippen LogP contribution in [0.2, 0.25) is 10.0 Å². The molecule has 6 heteroatoms. The number of imidazole rings is 1. The lowest BCUT2D eigenvalue weighted by Crippen LogP contribution is -1.87. The largest absolute Gasteiger partial charge is 0.397 e. The number of nitrogen functional groups attached to an aromatic ring is 1. The standard InChI is InChI=1S/C13H8Cl2FN3/c14-6-1-2-8(9(16)3-6)13-18-11-5-7(15)4-10(17)12(11)19-13/h1-5H,17H2,(H,18,19). The van der Waals surface area contributed by atoms with Crippen molar-refractivity contribution in [1.82, 2.24) is 9.97 Å². The zero-order chi connectivity index (χ0) is 13.6. The Morgan fingerprint density at radius 3 is 2.63 bits per heavy atom. The summed E-state index contributed by atoms with van der Waals surface area (Å²) >= 11 is 11.6. The van der Waals surface area contributed by atoms with E-state index < -0.39 is 5.82 Å². The topological polar surface area (TPSA) is 54.7 Å². The summed E-state index contributed by atoms with van der Waals surface area (Å²) in [6.45, 7) is 0. The third-order valence-corrected chi connectivity index (χ3v) is 3.22. The molecule has 2 aromatic carbocycles. The molecule has 3 rings (SSSR count). The number of hydrogen-bond acceptors (Lipinski definition) is 2. The average molecular weight is 296 g/mol. The van der Waals surface area contributed by atoms with Crippen molar-refractivity contribution in [3.05, 3.63) is 46.2 Å². The van der Waals surface area contributed by atoms with Gasteiger partial charge in [-0.3, -0.25) is 0 Å². The Balaban J connectivity index is 2.23. The number of rotatable bonds is 1. The van der Waals surface area contributed by atoms with Gasteiger partial charge in [-0.05, 0) is 30.3 Å².